The molecule has 2 N–H and O–H groups in total. The molecule has 1 saturated heterocycles. The van der Waals surface area contributed by atoms with Crippen LogP contribution in [0.2, 0.25) is 0 Å². The van der Waals surface area contributed by atoms with Gasteiger partial charge in [-0.2, -0.15) is 0 Å². The molecule has 2 rings (SSSR count). The molecule has 0 aromatic heterocycles. The second-order valence-electron chi connectivity index (χ2n) is 4.54. The van der Waals surface area contributed by atoms with Gasteiger partial charge >= 0.3 is 0 Å². The molecular weight excluding hydrogens is 224 g/mol. The molecule has 0 amide bonds. The predicted molar refractivity (Wildman–Crippen MR) is 62.0 cm³/mol. The first-order valence-electron chi connectivity index (χ1n) is 5.94. The van der Waals surface area contributed by atoms with Gasteiger partial charge in [-0.25, -0.2) is 8.78 Å². The number of alkyl halides is 2. The lowest BCUT2D eigenvalue weighted by Crippen LogP contribution is -2.38. The molecule has 0 bridgehead atoms. The van der Waals surface area contributed by atoms with Gasteiger partial charge in [0, 0.05) is 18.0 Å². The van der Waals surface area contributed by atoms with E-state index in [1.165, 1.54) is 12.1 Å². The van der Waals surface area contributed by atoms with Crippen molar-refractivity contribution in [1.82, 2.24) is 5.32 Å². The van der Waals surface area contributed by atoms with Crippen LogP contribution in [-0.2, 0) is 5.92 Å². The van der Waals surface area contributed by atoms with Crippen LogP contribution in [0.15, 0.2) is 30.3 Å². The van der Waals surface area contributed by atoms with Crippen LogP contribution in [0.1, 0.15) is 24.8 Å². The molecule has 0 spiro atoms. The number of hydrogen-bond acceptors (Lipinski definition) is 2. The van der Waals surface area contributed by atoms with E-state index in [1.807, 2.05) is 0 Å². The Morgan fingerprint density at radius 2 is 2.06 bits per heavy atom. The predicted octanol–water partition coefficient (Wildman–Crippen LogP) is 2.28. The molecule has 17 heavy (non-hydrogen) atoms. The molecule has 0 unspecified atom stereocenters. The minimum Gasteiger partial charge on any atom is -0.391 e. The van der Waals surface area contributed by atoms with Crippen LogP contribution in [0.4, 0.5) is 8.78 Å². The Bertz CT molecular complexity index is 350. The second kappa shape index (κ2) is 5.10. The summed E-state index contributed by atoms with van der Waals surface area (Å²) < 4.78 is 27.7. The van der Waals surface area contributed by atoms with Crippen molar-refractivity contribution >= 4 is 0 Å². The van der Waals surface area contributed by atoms with Gasteiger partial charge in [0.15, 0.2) is 0 Å². The Balaban J connectivity index is 2.01. The van der Waals surface area contributed by atoms with Gasteiger partial charge in [0.1, 0.15) is 0 Å². The van der Waals surface area contributed by atoms with Gasteiger partial charge in [-0.3, -0.25) is 0 Å². The molecular formula is C13H17F2NO. The first kappa shape index (κ1) is 12.5. The highest BCUT2D eigenvalue weighted by molar-refractivity contribution is 5.20. The zero-order valence-corrected chi connectivity index (χ0v) is 9.57. The standard InChI is InChI=1S/C13H17F2NO/c14-13(15,10-5-2-1-3-6-10)9-12(17)11-7-4-8-16-11/h1-3,5-6,11-12,16-17H,4,7-9H2/t11-,12+/m0/s1. The van der Waals surface area contributed by atoms with Gasteiger partial charge in [-0.05, 0) is 19.4 Å². The Kier molecular flexibility index (Phi) is 3.74. The van der Waals surface area contributed by atoms with E-state index >= 15 is 0 Å². The first-order chi connectivity index (χ1) is 8.09. The molecule has 94 valence electrons. The average molecular weight is 241 g/mol. The summed E-state index contributed by atoms with van der Waals surface area (Å²) >= 11 is 0. The Hall–Kier alpha value is -1.00. The van der Waals surface area contributed by atoms with Gasteiger partial charge in [-0.1, -0.05) is 30.3 Å². The minimum atomic E-state index is -2.97. The molecule has 2 nitrogen and oxygen atoms in total. The van der Waals surface area contributed by atoms with Crippen molar-refractivity contribution in [3.8, 4) is 0 Å². The maximum Gasteiger partial charge on any atom is 0.275 e. The Morgan fingerprint density at radius 3 is 2.65 bits per heavy atom. The summed E-state index contributed by atoms with van der Waals surface area (Å²) in [7, 11) is 0. The smallest absolute Gasteiger partial charge is 0.275 e. The summed E-state index contributed by atoms with van der Waals surface area (Å²) in [4.78, 5) is 0. The summed E-state index contributed by atoms with van der Waals surface area (Å²) in [6.07, 6.45) is 0.201. The van der Waals surface area contributed by atoms with E-state index in [0.29, 0.717) is 0 Å². The molecule has 0 saturated carbocycles. The Morgan fingerprint density at radius 1 is 1.35 bits per heavy atom. The van der Waals surface area contributed by atoms with Crippen LogP contribution in [0.3, 0.4) is 0 Å². The van der Waals surface area contributed by atoms with Crippen molar-refractivity contribution in [1.29, 1.82) is 0 Å². The third-order valence-electron chi connectivity index (χ3n) is 3.22. The number of aliphatic hydroxyl groups is 1. The van der Waals surface area contributed by atoms with Crippen LogP contribution in [-0.4, -0.2) is 23.8 Å². The van der Waals surface area contributed by atoms with E-state index in [4.69, 9.17) is 0 Å². The van der Waals surface area contributed by atoms with Crippen LogP contribution in [0, 0.1) is 0 Å². The lowest BCUT2D eigenvalue weighted by atomic mass is 9.97. The molecule has 1 fully saturated rings. The summed E-state index contributed by atoms with van der Waals surface area (Å²) in [5.74, 6) is -2.97. The van der Waals surface area contributed by atoms with Crippen molar-refractivity contribution in [2.24, 2.45) is 0 Å². The lowest BCUT2D eigenvalue weighted by molar-refractivity contribution is -0.0565. The fraction of sp³-hybridized carbons (Fsp3) is 0.538. The topological polar surface area (TPSA) is 32.3 Å². The average Bonchev–Trinajstić information content (AvgIpc) is 2.83. The largest absolute Gasteiger partial charge is 0.391 e. The highest BCUT2D eigenvalue weighted by atomic mass is 19.3. The fourth-order valence-electron chi connectivity index (χ4n) is 2.24. The van der Waals surface area contributed by atoms with Crippen molar-refractivity contribution in [3.63, 3.8) is 0 Å². The summed E-state index contributed by atoms with van der Waals surface area (Å²) in [6.45, 7) is 0.804. The molecule has 0 radical (unpaired) electrons. The van der Waals surface area contributed by atoms with E-state index in [-0.39, 0.29) is 11.6 Å². The SMILES string of the molecule is O[C@H](CC(F)(F)c1ccccc1)[C@@H]1CCCN1. The Labute approximate surface area is 99.7 Å². The highest BCUT2D eigenvalue weighted by Crippen LogP contribution is 2.34. The van der Waals surface area contributed by atoms with Crippen molar-refractivity contribution < 1.29 is 13.9 Å². The summed E-state index contributed by atoms with van der Waals surface area (Å²) in [5, 5.41) is 12.9. The summed E-state index contributed by atoms with van der Waals surface area (Å²) in [6, 6.07) is 7.48. The van der Waals surface area contributed by atoms with E-state index in [2.05, 4.69) is 5.32 Å². The van der Waals surface area contributed by atoms with Crippen molar-refractivity contribution in [2.75, 3.05) is 6.54 Å². The number of benzene rings is 1. The van der Waals surface area contributed by atoms with Crippen molar-refractivity contribution in [2.45, 2.75) is 37.3 Å². The lowest BCUT2D eigenvalue weighted by Gasteiger charge is -2.24. The number of halogens is 2. The minimum absolute atomic E-state index is 0.0305. The third kappa shape index (κ3) is 3.01. The van der Waals surface area contributed by atoms with Crippen LogP contribution in [0.5, 0.6) is 0 Å². The van der Waals surface area contributed by atoms with Crippen LogP contribution >= 0.6 is 0 Å². The molecule has 1 aliphatic heterocycles. The maximum absolute atomic E-state index is 13.9. The molecule has 4 heteroatoms. The monoisotopic (exact) mass is 241 g/mol. The highest BCUT2D eigenvalue weighted by Gasteiger charge is 2.37. The molecule has 0 aliphatic carbocycles. The van der Waals surface area contributed by atoms with E-state index in [0.717, 1.165) is 19.4 Å². The van der Waals surface area contributed by atoms with E-state index in [1.54, 1.807) is 18.2 Å². The maximum atomic E-state index is 13.9. The van der Waals surface area contributed by atoms with Gasteiger partial charge in [-0.15, -0.1) is 0 Å². The molecule has 1 heterocycles. The number of rotatable bonds is 4. The molecule has 1 aromatic carbocycles. The van der Waals surface area contributed by atoms with Crippen LogP contribution < -0.4 is 5.32 Å². The normalized spacial score (nSPS) is 22.6. The summed E-state index contributed by atoms with van der Waals surface area (Å²) in [5.41, 5.74) is -0.0305. The van der Waals surface area contributed by atoms with Gasteiger partial charge < -0.3 is 10.4 Å². The number of aliphatic hydroxyl groups excluding tert-OH is 1. The quantitative estimate of drug-likeness (QED) is 0.847. The van der Waals surface area contributed by atoms with Crippen LogP contribution in [0.25, 0.3) is 0 Å². The van der Waals surface area contributed by atoms with Crippen molar-refractivity contribution in [3.05, 3.63) is 35.9 Å². The zero-order chi connectivity index (χ0) is 12.3. The fourth-order valence-corrected chi connectivity index (χ4v) is 2.24. The van der Waals surface area contributed by atoms with Gasteiger partial charge in [0.25, 0.3) is 5.92 Å². The molecule has 1 aromatic rings. The zero-order valence-electron chi connectivity index (χ0n) is 9.57. The molecule has 1 aliphatic rings. The number of hydrogen-bond donors (Lipinski definition) is 2. The second-order valence-corrected chi connectivity index (χ2v) is 4.54. The van der Waals surface area contributed by atoms with Gasteiger partial charge in [0.2, 0.25) is 0 Å². The van der Waals surface area contributed by atoms with E-state index in [9.17, 15) is 13.9 Å². The third-order valence-corrected chi connectivity index (χ3v) is 3.22. The van der Waals surface area contributed by atoms with Gasteiger partial charge in [0.05, 0.1) is 6.10 Å². The van der Waals surface area contributed by atoms with E-state index < -0.39 is 18.4 Å². The first-order valence-corrected chi connectivity index (χ1v) is 5.94. The molecule has 2 atom stereocenters. The number of nitrogens with one attached hydrogen (secondary N) is 1.